The van der Waals surface area contributed by atoms with Crippen molar-refractivity contribution >= 4 is 46.4 Å². The van der Waals surface area contributed by atoms with Crippen LogP contribution in [0.4, 0.5) is 11.4 Å². The maximum absolute atomic E-state index is 12.4. The van der Waals surface area contributed by atoms with E-state index in [0.29, 0.717) is 21.8 Å². The molecule has 2 N–H and O–H groups in total. The molecule has 132 valence electrons. The van der Waals surface area contributed by atoms with E-state index in [9.17, 15) is 9.59 Å². The Bertz CT molecular complexity index is 1090. The third-order valence-corrected chi connectivity index (χ3v) is 4.61. The zero-order valence-electron chi connectivity index (χ0n) is 14.2. The van der Waals surface area contributed by atoms with Gasteiger partial charge in [-0.2, -0.15) is 0 Å². The Hall–Kier alpha value is -3.37. The number of fused-ring (bicyclic) bond motifs is 1. The van der Waals surface area contributed by atoms with Crippen molar-refractivity contribution in [2.45, 2.75) is 0 Å². The quantitative estimate of drug-likeness (QED) is 0.628. The van der Waals surface area contributed by atoms with Crippen molar-refractivity contribution in [2.75, 3.05) is 10.6 Å². The molecule has 3 aromatic carbocycles. The van der Waals surface area contributed by atoms with Gasteiger partial charge in [0.25, 0.3) is 11.8 Å². The minimum absolute atomic E-state index is 0.137. The molecule has 0 saturated heterocycles. The largest absolute Gasteiger partial charge is 0.322 e. The second-order valence-corrected chi connectivity index (χ2v) is 6.52. The Balaban J connectivity index is 1.61. The normalized spacial score (nSPS) is 14.0. The van der Waals surface area contributed by atoms with Gasteiger partial charge in [-0.1, -0.05) is 54.1 Å². The standard InChI is InChI=1S/C22H15ClN2O2/c23-19-10-3-1-9-17(19)21(26)24-15-7-5-6-14(12-15)13-18-16-8-2-4-11-20(16)25-22(18)27/h1-13H,(H,24,26)(H,25,27). The van der Waals surface area contributed by atoms with E-state index in [-0.39, 0.29) is 11.8 Å². The van der Waals surface area contributed by atoms with E-state index in [2.05, 4.69) is 10.6 Å². The van der Waals surface area contributed by atoms with Crippen LogP contribution in [0.25, 0.3) is 11.6 Å². The third kappa shape index (κ3) is 3.48. The zero-order valence-corrected chi connectivity index (χ0v) is 15.0. The van der Waals surface area contributed by atoms with Gasteiger partial charge in [0, 0.05) is 22.5 Å². The van der Waals surface area contributed by atoms with Gasteiger partial charge in [0.1, 0.15) is 0 Å². The van der Waals surface area contributed by atoms with Crippen LogP contribution in [-0.2, 0) is 4.79 Å². The Labute approximate surface area is 161 Å². The summed E-state index contributed by atoms with van der Waals surface area (Å²) in [6.45, 7) is 0. The highest BCUT2D eigenvalue weighted by Gasteiger charge is 2.23. The molecule has 27 heavy (non-hydrogen) atoms. The fourth-order valence-corrected chi connectivity index (χ4v) is 3.22. The molecule has 0 atom stereocenters. The van der Waals surface area contributed by atoms with E-state index in [1.807, 2.05) is 48.5 Å². The monoisotopic (exact) mass is 374 g/mol. The molecule has 0 aliphatic carbocycles. The zero-order chi connectivity index (χ0) is 18.8. The summed E-state index contributed by atoms with van der Waals surface area (Å²) in [6, 6.07) is 21.7. The number of hydrogen-bond donors (Lipinski definition) is 2. The molecule has 0 unspecified atom stereocenters. The second-order valence-electron chi connectivity index (χ2n) is 6.12. The summed E-state index contributed by atoms with van der Waals surface area (Å²) in [7, 11) is 0. The summed E-state index contributed by atoms with van der Waals surface area (Å²) in [5.41, 5.74) is 4.12. The van der Waals surface area contributed by atoms with Crippen LogP contribution in [0.15, 0.2) is 72.8 Å². The number of amides is 2. The molecule has 5 heteroatoms. The Morgan fingerprint density at radius 2 is 1.74 bits per heavy atom. The molecule has 0 saturated carbocycles. The summed E-state index contributed by atoms with van der Waals surface area (Å²) in [5.74, 6) is -0.420. The smallest absolute Gasteiger partial charge is 0.257 e. The molecule has 0 fully saturated rings. The molecule has 2 amide bonds. The molecular formula is C22H15ClN2O2. The van der Waals surface area contributed by atoms with Crippen molar-refractivity contribution in [1.29, 1.82) is 0 Å². The average Bonchev–Trinajstić information content (AvgIpc) is 2.98. The van der Waals surface area contributed by atoms with Crippen LogP contribution in [-0.4, -0.2) is 11.8 Å². The Morgan fingerprint density at radius 1 is 0.963 bits per heavy atom. The van der Waals surface area contributed by atoms with Crippen molar-refractivity contribution < 1.29 is 9.59 Å². The molecule has 0 bridgehead atoms. The predicted molar refractivity (Wildman–Crippen MR) is 109 cm³/mol. The first-order valence-electron chi connectivity index (χ1n) is 8.40. The minimum atomic E-state index is -0.283. The lowest BCUT2D eigenvalue weighted by Gasteiger charge is -2.07. The predicted octanol–water partition coefficient (Wildman–Crippen LogP) is 5.09. The van der Waals surface area contributed by atoms with E-state index in [4.69, 9.17) is 11.6 Å². The second kappa shape index (κ2) is 7.09. The number of hydrogen-bond acceptors (Lipinski definition) is 2. The lowest BCUT2D eigenvalue weighted by molar-refractivity contribution is -0.110. The number of rotatable bonds is 3. The highest BCUT2D eigenvalue weighted by molar-refractivity contribution is 6.35. The first kappa shape index (κ1) is 17.1. The number of anilines is 2. The lowest BCUT2D eigenvalue weighted by Crippen LogP contribution is -2.12. The van der Waals surface area contributed by atoms with E-state index >= 15 is 0 Å². The highest BCUT2D eigenvalue weighted by atomic mass is 35.5. The average molecular weight is 375 g/mol. The van der Waals surface area contributed by atoms with Crippen LogP contribution in [0.3, 0.4) is 0 Å². The number of halogens is 1. The molecule has 1 aliphatic heterocycles. The first-order valence-corrected chi connectivity index (χ1v) is 8.78. The van der Waals surface area contributed by atoms with Crippen molar-refractivity contribution in [1.82, 2.24) is 0 Å². The number of nitrogens with one attached hydrogen (secondary N) is 2. The lowest BCUT2D eigenvalue weighted by atomic mass is 10.0. The number of carbonyl (C=O) groups is 2. The summed E-state index contributed by atoms with van der Waals surface area (Å²) in [5, 5.41) is 6.09. The molecule has 0 spiro atoms. The fraction of sp³-hybridized carbons (Fsp3) is 0. The summed E-state index contributed by atoms with van der Waals surface area (Å²) in [4.78, 5) is 24.7. The Morgan fingerprint density at radius 3 is 2.59 bits per heavy atom. The molecule has 1 heterocycles. The van der Waals surface area contributed by atoms with Crippen molar-refractivity contribution in [3.8, 4) is 0 Å². The van der Waals surface area contributed by atoms with E-state index in [1.165, 1.54) is 0 Å². The molecule has 1 aliphatic rings. The van der Waals surface area contributed by atoms with Gasteiger partial charge < -0.3 is 10.6 Å². The number of benzene rings is 3. The minimum Gasteiger partial charge on any atom is -0.322 e. The van der Waals surface area contributed by atoms with E-state index in [1.54, 1.807) is 30.3 Å². The number of carbonyl (C=O) groups excluding carboxylic acids is 2. The summed E-state index contributed by atoms with van der Waals surface area (Å²) in [6.07, 6.45) is 1.81. The maximum Gasteiger partial charge on any atom is 0.257 e. The van der Waals surface area contributed by atoms with Gasteiger partial charge in [-0.3, -0.25) is 9.59 Å². The van der Waals surface area contributed by atoms with Crippen LogP contribution in [0, 0.1) is 0 Å². The summed E-state index contributed by atoms with van der Waals surface area (Å²) < 4.78 is 0. The van der Waals surface area contributed by atoms with Gasteiger partial charge in [0.2, 0.25) is 0 Å². The van der Waals surface area contributed by atoms with Gasteiger partial charge in [0.05, 0.1) is 10.6 Å². The van der Waals surface area contributed by atoms with E-state index in [0.717, 1.165) is 16.8 Å². The van der Waals surface area contributed by atoms with Crippen LogP contribution >= 0.6 is 11.6 Å². The van der Waals surface area contributed by atoms with Gasteiger partial charge in [-0.05, 0) is 42.0 Å². The van der Waals surface area contributed by atoms with Crippen molar-refractivity contribution in [3.05, 3.63) is 94.5 Å². The number of para-hydroxylation sites is 1. The van der Waals surface area contributed by atoms with Crippen LogP contribution in [0.1, 0.15) is 21.5 Å². The van der Waals surface area contributed by atoms with Gasteiger partial charge in [-0.25, -0.2) is 0 Å². The summed E-state index contributed by atoms with van der Waals surface area (Å²) >= 11 is 6.08. The molecule has 0 radical (unpaired) electrons. The first-order chi connectivity index (χ1) is 13.1. The fourth-order valence-electron chi connectivity index (χ4n) is 3.00. The van der Waals surface area contributed by atoms with Gasteiger partial charge in [0.15, 0.2) is 0 Å². The van der Waals surface area contributed by atoms with Crippen molar-refractivity contribution in [3.63, 3.8) is 0 Å². The van der Waals surface area contributed by atoms with E-state index < -0.39 is 0 Å². The molecule has 4 rings (SSSR count). The molecule has 0 aromatic heterocycles. The Kier molecular flexibility index (Phi) is 4.48. The molecular weight excluding hydrogens is 360 g/mol. The van der Waals surface area contributed by atoms with Crippen LogP contribution in [0.5, 0.6) is 0 Å². The topological polar surface area (TPSA) is 58.2 Å². The van der Waals surface area contributed by atoms with Crippen LogP contribution < -0.4 is 10.6 Å². The van der Waals surface area contributed by atoms with Crippen LogP contribution in [0.2, 0.25) is 5.02 Å². The maximum atomic E-state index is 12.4. The van der Waals surface area contributed by atoms with Crippen molar-refractivity contribution in [2.24, 2.45) is 0 Å². The van der Waals surface area contributed by atoms with Gasteiger partial charge in [-0.15, -0.1) is 0 Å². The van der Waals surface area contributed by atoms with Gasteiger partial charge >= 0.3 is 0 Å². The highest BCUT2D eigenvalue weighted by Crippen LogP contribution is 2.33. The SMILES string of the molecule is O=C1Nc2ccccc2C1=Cc1cccc(NC(=O)c2ccccc2Cl)c1. The molecule has 4 nitrogen and oxygen atoms in total. The molecule has 3 aromatic rings. The third-order valence-electron chi connectivity index (χ3n) is 4.28.